The van der Waals surface area contributed by atoms with Crippen molar-refractivity contribution in [3.8, 4) is 0 Å². The van der Waals surface area contributed by atoms with Gasteiger partial charge in [-0.05, 0) is 54.0 Å². The number of rotatable bonds is 4. The average molecular weight is 402 g/mol. The predicted octanol–water partition coefficient (Wildman–Crippen LogP) is 5.77. The van der Waals surface area contributed by atoms with Crippen molar-refractivity contribution in [1.29, 1.82) is 0 Å². The number of aromatic nitrogens is 1. The van der Waals surface area contributed by atoms with E-state index in [-0.39, 0.29) is 6.04 Å². The number of aryl methyl sites for hydroxylation is 1. The SMILES string of the molecule is Cc1ccccc1C(NC(=S)Nc1cccc(Cl)c1Cl)c1cccnc1. The van der Waals surface area contributed by atoms with Gasteiger partial charge in [0, 0.05) is 12.4 Å². The normalized spacial score (nSPS) is 11.7. The van der Waals surface area contributed by atoms with Gasteiger partial charge in [0.2, 0.25) is 0 Å². The number of thiocarbonyl (C=S) groups is 1. The van der Waals surface area contributed by atoms with E-state index < -0.39 is 0 Å². The van der Waals surface area contributed by atoms with Gasteiger partial charge in [-0.2, -0.15) is 0 Å². The number of benzene rings is 2. The molecule has 0 bridgehead atoms. The molecule has 2 N–H and O–H groups in total. The summed E-state index contributed by atoms with van der Waals surface area (Å²) in [4.78, 5) is 4.24. The molecule has 6 heteroatoms. The molecule has 1 atom stereocenters. The fraction of sp³-hybridized carbons (Fsp3) is 0.100. The van der Waals surface area contributed by atoms with Gasteiger partial charge in [0.25, 0.3) is 0 Å². The van der Waals surface area contributed by atoms with Crippen LogP contribution < -0.4 is 10.6 Å². The maximum Gasteiger partial charge on any atom is 0.171 e. The first-order valence-electron chi connectivity index (χ1n) is 8.03. The molecular formula is C20H17Cl2N3S. The predicted molar refractivity (Wildman–Crippen MR) is 113 cm³/mol. The molecule has 0 aliphatic carbocycles. The van der Waals surface area contributed by atoms with Crippen LogP contribution in [0.15, 0.2) is 67.0 Å². The third-order valence-corrected chi connectivity index (χ3v) is 5.03. The molecule has 3 aromatic rings. The van der Waals surface area contributed by atoms with Crippen LogP contribution in [0.25, 0.3) is 0 Å². The number of anilines is 1. The maximum absolute atomic E-state index is 6.24. The number of halogens is 2. The second kappa shape index (κ2) is 8.49. The third-order valence-electron chi connectivity index (χ3n) is 3.99. The summed E-state index contributed by atoms with van der Waals surface area (Å²) in [6.07, 6.45) is 3.58. The van der Waals surface area contributed by atoms with Crippen LogP contribution in [0.4, 0.5) is 5.69 Å². The van der Waals surface area contributed by atoms with Crippen LogP contribution in [-0.4, -0.2) is 10.1 Å². The van der Waals surface area contributed by atoms with E-state index in [4.69, 9.17) is 35.4 Å². The fourth-order valence-electron chi connectivity index (χ4n) is 2.69. The summed E-state index contributed by atoms with van der Waals surface area (Å²) in [7, 11) is 0. The van der Waals surface area contributed by atoms with E-state index in [0.717, 1.165) is 16.7 Å². The van der Waals surface area contributed by atoms with Gasteiger partial charge in [0.1, 0.15) is 0 Å². The second-order valence-corrected chi connectivity index (χ2v) is 6.97. The van der Waals surface area contributed by atoms with Gasteiger partial charge < -0.3 is 10.6 Å². The molecule has 26 heavy (non-hydrogen) atoms. The largest absolute Gasteiger partial charge is 0.351 e. The Morgan fingerprint density at radius 3 is 2.58 bits per heavy atom. The van der Waals surface area contributed by atoms with Crippen LogP contribution in [0.1, 0.15) is 22.7 Å². The lowest BCUT2D eigenvalue weighted by Crippen LogP contribution is -2.33. The topological polar surface area (TPSA) is 37.0 Å². The smallest absolute Gasteiger partial charge is 0.171 e. The zero-order chi connectivity index (χ0) is 18.5. The van der Waals surface area contributed by atoms with Crippen molar-refractivity contribution < 1.29 is 0 Å². The molecule has 2 aromatic carbocycles. The highest BCUT2D eigenvalue weighted by atomic mass is 35.5. The molecule has 0 amide bonds. The van der Waals surface area contributed by atoms with Crippen molar-refractivity contribution >= 4 is 46.2 Å². The molecule has 1 heterocycles. The third kappa shape index (κ3) is 4.33. The lowest BCUT2D eigenvalue weighted by Gasteiger charge is -2.23. The van der Waals surface area contributed by atoms with Crippen molar-refractivity contribution in [1.82, 2.24) is 10.3 Å². The zero-order valence-electron chi connectivity index (χ0n) is 14.0. The van der Waals surface area contributed by atoms with E-state index >= 15 is 0 Å². The lowest BCUT2D eigenvalue weighted by atomic mass is 9.96. The van der Waals surface area contributed by atoms with Gasteiger partial charge in [-0.1, -0.05) is 59.6 Å². The summed E-state index contributed by atoms with van der Waals surface area (Å²) >= 11 is 17.8. The lowest BCUT2D eigenvalue weighted by molar-refractivity contribution is 0.758. The highest BCUT2D eigenvalue weighted by molar-refractivity contribution is 7.80. The van der Waals surface area contributed by atoms with Crippen molar-refractivity contribution in [3.05, 3.63) is 93.7 Å². The van der Waals surface area contributed by atoms with Crippen LogP contribution in [0.2, 0.25) is 10.0 Å². The fourth-order valence-corrected chi connectivity index (χ4v) is 3.26. The molecular weight excluding hydrogens is 385 g/mol. The van der Waals surface area contributed by atoms with Crippen molar-refractivity contribution in [2.75, 3.05) is 5.32 Å². The van der Waals surface area contributed by atoms with Gasteiger partial charge in [-0.3, -0.25) is 4.98 Å². The number of hydrogen-bond acceptors (Lipinski definition) is 2. The Hall–Kier alpha value is -2.14. The Bertz CT molecular complexity index is 916. The summed E-state index contributed by atoms with van der Waals surface area (Å²) in [5.41, 5.74) is 3.97. The van der Waals surface area contributed by atoms with Crippen LogP contribution in [0.5, 0.6) is 0 Å². The van der Waals surface area contributed by atoms with Crippen LogP contribution in [0.3, 0.4) is 0 Å². The van der Waals surface area contributed by atoms with Crippen molar-refractivity contribution in [2.24, 2.45) is 0 Å². The number of hydrogen-bond donors (Lipinski definition) is 2. The molecule has 0 saturated heterocycles. The standard InChI is InChI=1S/C20H17Cl2N3S/c1-13-6-2-3-8-15(13)19(14-7-5-11-23-12-14)25-20(26)24-17-10-4-9-16(21)18(17)22/h2-12,19H,1H3,(H2,24,25,26). The molecule has 1 aromatic heterocycles. The number of nitrogens with zero attached hydrogens (tertiary/aromatic N) is 1. The van der Waals surface area contributed by atoms with Crippen molar-refractivity contribution in [2.45, 2.75) is 13.0 Å². The minimum absolute atomic E-state index is 0.136. The highest BCUT2D eigenvalue weighted by Crippen LogP contribution is 2.30. The van der Waals surface area contributed by atoms with Gasteiger partial charge in [-0.15, -0.1) is 0 Å². The van der Waals surface area contributed by atoms with Gasteiger partial charge in [0.05, 0.1) is 21.8 Å². The van der Waals surface area contributed by atoms with E-state index in [9.17, 15) is 0 Å². The molecule has 0 radical (unpaired) electrons. The minimum Gasteiger partial charge on any atom is -0.351 e. The van der Waals surface area contributed by atoms with Gasteiger partial charge >= 0.3 is 0 Å². The molecule has 0 spiro atoms. The van der Waals surface area contributed by atoms with E-state index in [1.165, 1.54) is 0 Å². The van der Waals surface area contributed by atoms with E-state index in [2.05, 4.69) is 34.7 Å². The summed E-state index contributed by atoms with van der Waals surface area (Å²) in [5.74, 6) is 0. The highest BCUT2D eigenvalue weighted by Gasteiger charge is 2.18. The summed E-state index contributed by atoms with van der Waals surface area (Å²) in [5, 5.41) is 7.85. The Morgan fingerprint density at radius 2 is 1.85 bits per heavy atom. The van der Waals surface area contributed by atoms with Gasteiger partial charge in [0.15, 0.2) is 5.11 Å². The van der Waals surface area contributed by atoms with E-state index in [0.29, 0.717) is 20.8 Å². The quantitative estimate of drug-likeness (QED) is 0.543. The Balaban J connectivity index is 1.88. The first-order valence-corrected chi connectivity index (χ1v) is 9.19. The first kappa shape index (κ1) is 18.6. The summed E-state index contributed by atoms with van der Waals surface area (Å²) in [6, 6.07) is 17.4. The average Bonchev–Trinajstić information content (AvgIpc) is 2.65. The van der Waals surface area contributed by atoms with Crippen molar-refractivity contribution in [3.63, 3.8) is 0 Å². The zero-order valence-corrected chi connectivity index (χ0v) is 16.4. The Kier molecular flexibility index (Phi) is 6.09. The Morgan fingerprint density at radius 1 is 1.04 bits per heavy atom. The number of nitrogens with one attached hydrogen (secondary N) is 2. The maximum atomic E-state index is 6.24. The van der Waals surface area contributed by atoms with E-state index in [1.807, 2.05) is 42.6 Å². The molecule has 3 nitrogen and oxygen atoms in total. The Labute approximate surface area is 168 Å². The second-order valence-electron chi connectivity index (χ2n) is 5.78. The molecule has 0 fully saturated rings. The van der Waals surface area contributed by atoms with Crippen LogP contribution in [0, 0.1) is 6.92 Å². The number of pyridine rings is 1. The monoisotopic (exact) mass is 401 g/mol. The minimum atomic E-state index is -0.136. The molecule has 132 valence electrons. The first-order chi connectivity index (χ1) is 12.6. The summed E-state index contributed by atoms with van der Waals surface area (Å²) < 4.78 is 0. The van der Waals surface area contributed by atoms with Crippen LogP contribution >= 0.6 is 35.4 Å². The summed E-state index contributed by atoms with van der Waals surface area (Å²) in [6.45, 7) is 2.07. The van der Waals surface area contributed by atoms with Gasteiger partial charge in [-0.25, -0.2) is 0 Å². The molecule has 0 aliphatic heterocycles. The molecule has 0 aliphatic rings. The van der Waals surface area contributed by atoms with Crippen LogP contribution in [-0.2, 0) is 0 Å². The molecule has 3 rings (SSSR count). The molecule has 1 unspecified atom stereocenters. The van der Waals surface area contributed by atoms with E-state index in [1.54, 1.807) is 12.3 Å². The molecule has 0 saturated carbocycles.